The van der Waals surface area contributed by atoms with Gasteiger partial charge in [0.1, 0.15) is 11.4 Å². The van der Waals surface area contributed by atoms with Gasteiger partial charge in [-0.2, -0.15) is 0 Å². The van der Waals surface area contributed by atoms with Crippen LogP contribution in [0.15, 0.2) is 54.7 Å². The smallest absolute Gasteiger partial charge is 0.274 e. The van der Waals surface area contributed by atoms with Gasteiger partial charge < -0.3 is 10.2 Å². The molecule has 144 valence electrons. The van der Waals surface area contributed by atoms with E-state index in [0.717, 1.165) is 18.2 Å². The second-order valence-corrected chi connectivity index (χ2v) is 6.54. The van der Waals surface area contributed by atoms with Gasteiger partial charge in [-0.1, -0.05) is 38.1 Å². The summed E-state index contributed by atoms with van der Waals surface area (Å²) >= 11 is 0. The molecule has 0 atom stereocenters. The molecule has 2 heterocycles. The van der Waals surface area contributed by atoms with Crippen molar-refractivity contribution in [2.45, 2.75) is 26.7 Å². The summed E-state index contributed by atoms with van der Waals surface area (Å²) in [6, 6.07) is 14.3. The fourth-order valence-electron chi connectivity index (χ4n) is 3.09. The summed E-state index contributed by atoms with van der Waals surface area (Å²) in [6.07, 6.45) is 3.44. The van der Waals surface area contributed by atoms with Crippen LogP contribution in [0.5, 0.6) is 0 Å². The van der Waals surface area contributed by atoms with Crippen LogP contribution in [0.3, 0.4) is 0 Å². The highest BCUT2D eigenvalue weighted by Gasteiger charge is 2.18. The van der Waals surface area contributed by atoms with Gasteiger partial charge in [-0.25, -0.2) is 4.98 Å². The third-order valence-electron chi connectivity index (χ3n) is 4.36. The van der Waals surface area contributed by atoms with Gasteiger partial charge in [-0.05, 0) is 37.1 Å². The predicted molar refractivity (Wildman–Crippen MR) is 110 cm³/mol. The number of fused-ring (bicyclic) bond motifs is 1. The maximum absolute atomic E-state index is 12.8. The number of para-hydroxylation sites is 1. The molecule has 2 amide bonds. The minimum atomic E-state index is -0.370. The average molecular weight is 376 g/mol. The van der Waals surface area contributed by atoms with E-state index in [9.17, 15) is 9.59 Å². The molecule has 6 nitrogen and oxygen atoms in total. The van der Waals surface area contributed by atoms with Crippen molar-refractivity contribution in [2.24, 2.45) is 0 Å². The second kappa shape index (κ2) is 9.08. The molecule has 0 radical (unpaired) electrons. The monoisotopic (exact) mass is 376 g/mol. The van der Waals surface area contributed by atoms with Gasteiger partial charge in [0.05, 0.1) is 11.2 Å². The fraction of sp³-hybridized carbons (Fsp3) is 0.273. The zero-order valence-electron chi connectivity index (χ0n) is 16.2. The lowest BCUT2D eigenvalue weighted by Gasteiger charge is -2.21. The molecule has 0 saturated carbocycles. The molecule has 0 saturated heterocycles. The quantitative estimate of drug-likeness (QED) is 0.672. The minimum Gasteiger partial charge on any atom is -0.337 e. The molecule has 6 heteroatoms. The van der Waals surface area contributed by atoms with E-state index in [1.165, 1.54) is 0 Å². The topological polar surface area (TPSA) is 75.2 Å². The van der Waals surface area contributed by atoms with Crippen LogP contribution in [0.4, 0.5) is 5.69 Å². The summed E-state index contributed by atoms with van der Waals surface area (Å²) in [5.74, 6) is -0.518. The van der Waals surface area contributed by atoms with Crippen molar-refractivity contribution in [2.75, 3.05) is 18.4 Å². The Morgan fingerprint density at radius 1 is 0.929 bits per heavy atom. The number of amides is 2. The van der Waals surface area contributed by atoms with Crippen LogP contribution in [-0.2, 0) is 0 Å². The van der Waals surface area contributed by atoms with Gasteiger partial charge in [0.15, 0.2) is 0 Å². The van der Waals surface area contributed by atoms with E-state index >= 15 is 0 Å². The molecule has 3 rings (SSSR count). The van der Waals surface area contributed by atoms with Crippen molar-refractivity contribution < 1.29 is 9.59 Å². The molecular weight excluding hydrogens is 352 g/mol. The van der Waals surface area contributed by atoms with E-state index in [2.05, 4.69) is 15.3 Å². The maximum atomic E-state index is 12.8. The molecule has 0 aliphatic rings. The fourth-order valence-corrected chi connectivity index (χ4v) is 3.09. The first-order valence-electron chi connectivity index (χ1n) is 9.55. The molecule has 3 aromatic rings. The highest BCUT2D eigenvalue weighted by Crippen LogP contribution is 2.21. The summed E-state index contributed by atoms with van der Waals surface area (Å²) < 4.78 is 0. The first-order chi connectivity index (χ1) is 13.6. The van der Waals surface area contributed by atoms with Crippen LogP contribution in [-0.4, -0.2) is 39.8 Å². The molecule has 28 heavy (non-hydrogen) atoms. The Kier molecular flexibility index (Phi) is 6.32. The second-order valence-electron chi connectivity index (χ2n) is 6.54. The third kappa shape index (κ3) is 4.34. The SMILES string of the molecule is CCCN(CCC)C(=O)c1cccc(C(=O)Nc2cccc3cccnc23)n1. The third-order valence-corrected chi connectivity index (χ3v) is 4.36. The van der Waals surface area contributed by atoms with Crippen molar-refractivity contribution in [1.82, 2.24) is 14.9 Å². The number of anilines is 1. The van der Waals surface area contributed by atoms with E-state index < -0.39 is 0 Å². The summed E-state index contributed by atoms with van der Waals surface area (Å²) in [6.45, 7) is 5.41. The lowest BCUT2D eigenvalue weighted by Crippen LogP contribution is -2.33. The van der Waals surface area contributed by atoms with Gasteiger partial charge in [0.2, 0.25) is 0 Å². The lowest BCUT2D eigenvalue weighted by atomic mass is 10.2. The van der Waals surface area contributed by atoms with E-state index in [1.54, 1.807) is 35.4 Å². The number of carbonyl (C=O) groups excluding carboxylic acids is 2. The van der Waals surface area contributed by atoms with Crippen molar-refractivity contribution in [1.29, 1.82) is 0 Å². The zero-order valence-corrected chi connectivity index (χ0v) is 16.2. The molecule has 0 spiro atoms. The number of nitrogens with one attached hydrogen (secondary N) is 1. The van der Waals surface area contributed by atoms with Gasteiger partial charge in [-0.3, -0.25) is 14.6 Å². The number of nitrogens with zero attached hydrogens (tertiary/aromatic N) is 3. The Balaban J connectivity index is 1.83. The molecule has 0 fully saturated rings. The Bertz CT molecular complexity index is 976. The van der Waals surface area contributed by atoms with Gasteiger partial charge in [-0.15, -0.1) is 0 Å². The van der Waals surface area contributed by atoms with Crippen molar-refractivity contribution in [3.63, 3.8) is 0 Å². The largest absolute Gasteiger partial charge is 0.337 e. The Morgan fingerprint density at radius 3 is 2.36 bits per heavy atom. The first-order valence-corrected chi connectivity index (χ1v) is 9.55. The minimum absolute atomic E-state index is 0.148. The molecule has 2 aromatic heterocycles. The summed E-state index contributed by atoms with van der Waals surface area (Å²) in [4.78, 5) is 35.9. The van der Waals surface area contributed by atoms with E-state index in [0.29, 0.717) is 24.3 Å². The van der Waals surface area contributed by atoms with Crippen molar-refractivity contribution in [3.8, 4) is 0 Å². The molecule has 0 unspecified atom stereocenters. The van der Waals surface area contributed by atoms with Crippen LogP contribution in [0.2, 0.25) is 0 Å². The molecular formula is C22H24N4O2. The number of rotatable bonds is 7. The maximum Gasteiger partial charge on any atom is 0.274 e. The van der Waals surface area contributed by atoms with Gasteiger partial charge in [0, 0.05) is 24.7 Å². The summed E-state index contributed by atoms with van der Waals surface area (Å²) in [5, 5.41) is 3.80. The number of benzene rings is 1. The molecule has 0 aliphatic heterocycles. The zero-order chi connectivity index (χ0) is 19.9. The van der Waals surface area contributed by atoms with Crippen LogP contribution in [0.1, 0.15) is 47.7 Å². The average Bonchev–Trinajstić information content (AvgIpc) is 2.73. The molecule has 1 aromatic carbocycles. The lowest BCUT2D eigenvalue weighted by molar-refractivity contribution is 0.0749. The van der Waals surface area contributed by atoms with E-state index in [-0.39, 0.29) is 23.2 Å². The van der Waals surface area contributed by atoms with E-state index in [1.807, 2.05) is 38.1 Å². The van der Waals surface area contributed by atoms with Gasteiger partial charge in [0.25, 0.3) is 11.8 Å². The predicted octanol–water partition coefficient (Wildman–Crippen LogP) is 4.14. The number of hydrogen-bond acceptors (Lipinski definition) is 4. The van der Waals surface area contributed by atoms with Crippen LogP contribution in [0, 0.1) is 0 Å². The van der Waals surface area contributed by atoms with Gasteiger partial charge >= 0.3 is 0 Å². The van der Waals surface area contributed by atoms with Crippen LogP contribution >= 0.6 is 0 Å². The summed E-state index contributed by atoms with van der Waals surface area (Å²) in [5.41, 5.74) is 1.81. The first kappa shape index (κ1) is 19.5. The van der Waals surface area contributed by atoms with Crippen LogP contribution in [0.25, 0.3) is 10.9 Å². The number of hydrogen-bond donors (Lipinski definition) is 1. The van der Waals surface area contributed by atoms with Crippen LogP contribution < -0.4 is 5.32 Å². The number of aromatic nitrogens is 2. The normalized spacial score (nSPS) is 10.6. The van der Waals surface area contributed by atoms with E-state index in [4.69, 9.17) is 0 Å². The van der Waals surface area contributed by atoms with Crippen molar-refractivity contribution in [3.05, 3.63) is 66.1 Å². The standard InChI is InChI=1S/C22H24N4O2/c1-3-14-26(15-4-2)22(28)19-12-6-11-18(24-19)21(27)25-17-10-5-8-16-9-7-13-23-20(16)17/h5-13H,3-4,14-15H2,1-2H3,(H,25,27). The highest BCUT2D eigenvalue weighted by molar-refractivity contribution is 6.07. The van der Waals surface area contributed by atoms with Crippen molar-refractivity contribution >= 4 is 28.4 Å². The Morgan fingerprint density at radius 2 is 1.61 bits per heavy atom. The Hall–Kier alpha value is -3.28. The Labute approximate surface area is 164 Å². The number of pyridine rings is 2. The summed E-state index contributed by atoms with van der Waals surface area (Å²) in [7, 11) is 0. The highest BCUT2D eigenvalue weighted by atomic mass is 16.2. The number of carbonyl (C=O) groups is 2. The molecule has 0 bridgehead atoms. The molecule has 1 N–H and O–H groups in total. The molecule has 0 aliphatic carbocycles.